The number of hydrogen-bond acceptors (Lipinski definition) is 4. The van der Waals surface area contributed by atoms with Crippen LogP contribution in [0.4, 0.5) is 5.82 Å². The number of likely N-dealkylation sites (tertiary alicyclic amines) is 1. The van der Waals surface area contributed by atoms with Gasteiger partial charge in [-0.2, -0.15) is 0 Å². The Bertz CT molecular complexity index is 1020. The smallest absolute Gasteiger partial charge is 0.137 e. The van der Waals surface area contributed by atoms with E-state index >= 15 is 0 Å². The van der Waals surface area contributed by atoms with E-state index in [9.17, 15) is 0 Å². The fourth-order valence-electron chi connectivity index (χ4n) is 5.52. The average Bonchev–Trinajstić information content (AvgIpc) is 3.24. The maximum absolute atomic E-state index is 6.19. The van der Waals surface area contributed by atoms with Crippen molar-refractivity contribution >= 4 is 28.5 Å². The molecule has 2 fully saturated rings. The number of alkyl halides is 1. The third kappa shape index (κ3) is 4.58. The Morgan fingerprint density at radius 1 is 1.10 bits per heavy atom. The van der Waals surface area contributed by atoms with Crippen molar-refractivity contribution in [1.82, 2.24) is 19.9 Å². The maximum Gasteiger partial charge on any atom is 0.137 e. The number of piperidine rings is 1. The van der Waals surface area contributed by atoms with Gasteiger partial charge in [0.15, 0.2) is 0 Å². The summed E-state index contributed by atoms with van der Waals surface area (Å²) < 4.78 is 0. The van der Waals surface area contributed by atoms with Gasteiger partial charge in [0, 0.05) is 29.4 Å². The maximum atomic E-state index is 6.19. The predicted molar refractivity (Wildman–Crippen MR) is 128 cm³/mol. The average molecular weight is 438 g/mol. The van der Waals surface area contributed by atoms with Crippen LogP contribution in [0.5, 0.6) is 0 Å². The number of nitrogens with one attached hydrogen (secondary N) is 2. The Morgan fingerprint density at radius 3 is 2.65 bits per heavy atom. The minimum atomic E-state index is 0.409. The van der Waals surface area contributed by atoms with E-state index < -0.39 is 0 Å². The molecule has 6 heteroatoms. The van der Waals surface area contributed by atoms with Crippen molar-refractivity contribution in [2.45, 2.75) is 50.4 Å². The Hall–Kier alpha value is -2.11. The normalized spacial score (nSPS) is 23.3. The zero-order valence-corrected chi connectivity index (χ0v) is 19.0. The highest BCUT2D eigenvalue weighted by Gasteiger charge is 2.29. The van der Waals surface area contributed by atoms with Gasteiger partial charge >= 0.3 is 0 Å². The summed E-state index contributed by atoms with van der Waals surface area (Å²) in [4.78, 5) is 14.9. The number of fused-ring (bicyclic) bond motifs is 1. The highest BCUT2D eigenvalue weighted by atomic mass is 35.5. The van der Waals surface area contributed by atoms with Gasteiger partial charge in [-0.25, -0.2) is 9.97 Å². The first-order chi connectivity index (χ1) is 15.2. The van der Waals surface area contributed by atoms with Gasteiger partial charge in [-0.05, 0) is 100 Å². The molecule has 3 aromatic rings. The molecule has 0 aromatic carbocycles. The van der Waals surface area contributed by atoms with E-state index in [2.05, 4.69) is 45.4 Å². The van der Waals surface area contributed by atoms with E-state index in [1.54, 1.807) is 0 Å². The molecular weight excluding hydrogens is 406 g/mol. The van der Waals surface area contributed by atoms with Crippen LogP contribution in [0.2, 0.25) is 0 Å². The van der Waals surface area contributed by atoms with Crippen LogP contribution in [0.25, 0.3) is 22.2 Å². The number of H-pyrrole nitrogens is 1. The molecule has 4 heterocycles. The fraction of sp³-hybridized carbons (Fsp3) is 0.520. The van der Waals surface area contributed by atoms with Crippen LogP contribution in [0.3, 0.4) is 0 Å². The third-order valence-corrected chi connectivity index (χ3v) is 7.60. The van der Waals surface area contributed by atoms with Crippen molar-refractivity contribution in [2.24, 2.45) is 11.8 Å². The molecule has 0 unspecified atom stereocenters. The number of rotatable bonds is 5. The molecule has 5 nitrogen and oxygen atoms in total. The van der Waals surface area contributed by atoms with Crippen LogP contribution in [0, 0.1) is 11.8 Å². The van der Waals surface area contributed by atoms with Crippen molar-refractivity contribution in [2.75, 3.05) is 25.5 Å². The second kappa shape index (κ2) is 9.17. The first kappa shape index (κ1) is 20.8. The van der Waals surface area contributed by atoms with Gasteiger partial charge in [0.05, 0.1) is 11.6 Å². The number of pyridine rings is 2. The molecule has 5 rings (SSSR count). The molecule has 2 aliphatic rings. The first-order valence-corrected chi connectivity index (χ1v) is 12.2. The second-order valence-corrected chi connectivity index (χ2v) is 9.63. The van der Waals surface area contributed by atoms with Crippen molar-refractivity contribution in [1.29, 1.82) is 0 Å². The van der Waals surface area contributed by atoms with E-state index in [0.717, 1.165) is 45.5 Å². The summed E-state index contributed by atoms with van der Waals surface area (Å²) in [6, 6.07) is 8.83. The number of nitrogens with zero attached hydrogens (tertiary/aromatic N) is 3. The van der Waals surface area contributed by atoms with E-state index in [1.165, 1.54) is 51.6 Å². The Kier molecular flexibility index (Phi) is 6.15. The van der Waals surface area contributed by atoms with E-state index in [0.29, 0.717) is 11.9 Å². The summed E-state index contributed by atoms with van der Waals surface area (Å²) in [5.74, 6) is 3.18. The highest BCUT2D eigenvalue weighted by molar-refractivity contribution is 6.17. The summed E-state index contributed by atoms with van der Waals surface area (Å²) in [5.41, 5.74) is 4.08. The van der Waals surface area contributed by atoms with Crippen LogP contribution < -0.4 is 5.32 Å². The zero-order valence-electron chi connectivity index (χ0n) is 18.3. The van der Waals surface area contributed by atoms with Crippen LogP contribution in [-0.2, 0) is 5.88 Å². The quantitative estimate of drug-likeness (QED) is 0.504. The largest absolute Gasteiger partial charge is 0.367 e. The van der Waals surface area contributed by atoms with Crippen molar-refractivity contribution in [3.63, 3.8) is 0 Å². The van der Waals surface area contributed by atoms with Crippen LogP contribution >= 0.6 is 11.6 Å². The third-order valence-electron chi connectivity index (χ3n) is 7.33. The number of hydrogen-bond donors (Lipinski definition) is 2. The van der Waals surface area contributed by atoms with Crippen molar-refractivity contribution in [3.8, 4) is 11.1 Å². The molecule has 0 amide bonds. The minimum Gasteiger partial charge on any atom is -0.367 e. The zero-order chi connectivity index (χ0) is 21.2. The number of aromatic amines is 1. The highest BCUT2D eigenvalue weighted by Crippen LogP contribution is 2.37. The standard InChI is InChI=1S/C25H32ClN5/c1-31-11-8-18(9-12-31)17-4-6-20(7-5-17)29-24-14-19(13-21(15-26)30-24)23-16-28-25-22(23)3-2-10-27-25/h2-3,10,13-14,16-18,20H,4-9,11-12,15H2,1H3,(H,27,28)(H,29,30). The number of aromatic nitrogens is 3. The van der Waals surface area contributed by atoms with Gasteiger partial charge in [0.25, 0.3) is 0 Å². The molecule has 0 bridgehead atoms. The number of halogens is 1. The summed E-state index contributed by atoms with van der Waals surface area (Å²) in [6.07, 6.45) is 11.7. The molecule has 31 heavy (non-hydrogen) atoms. The lowest BCUT2D eigenvalue weighted by Gasteiger charge is -2.38. The van der Waals surface area contributed by atoms with E-state index in [1.807, 2.05) is 18.5 Å². The molecular formula is C25H32ClN5. The molecule has 0 spiro atoms. The van der Waals surface area contributed by atoms with E-state index in [4.69, 9.17) is 16.6 Å². The molecule has 1 aliphatic carbocycles. The number of anilines is 1. The lowest BCUT2D eigenvalue weighted by atomic mass is 9.74. The van der Waals surface area contributed by atoms with Crippen LogP contribution in [0.1, 0.15) is 44.2 Å². The summed E-state index contributed by atoms with van der Waals surface area (Å²) in [6.45, 7) is 2.54. The monoisotopic (exact) mass is 437 g/mol. The molecule has 3 aromatic heterocycles. The van der Waals surface area contributed by atoms with Gasteiger partial charge in [0.2, 0.25) is 0 Å². The molecule has 1 saturated heterocycles. The summed E-state index contributed by atoms with van der Waals surface area (Å²) in [7, 11) is 2.25. The SMILES string of the molecule is CN1CCC(C2CCC(Nc3cc(-c4c[nH]c5ncccc45)cc(CCl)n3)CC2)CC1. The molecule has 1 saturated carbocycles. The van der Waals surface area contributed by atoms with Gasteiger partial charge in [-0.3, -0.25) is 0 Å². The van der Waals surface area contributed by atoms with Gasteiger partial charge in [0.1, 0.15) is 11.5 Å². The summed E-state index contributed by atoms with van der Waals surface area (Å²) in [5, 5.41) is 4.86. The first-order valence-electron chi connectivity index (χ1n) is 11.6. The molecule has 1 aliphatic heterocycles. The summed E-state index contributed by atoms with van der Waals surface area (Å²) >= 11 is 6.19. The van der Waals surface area contributed by atoms with Crippen LogP contribution in [0.15, 0.2) is 36.7 Å². The molecule has 2 N–H and O–H groups in total. The Labute approximate surface area is 189 Å². The van der Waals surface area contributed by atoms with Crippen molar-refractivity contribution in [3.05, 3.63) is 42.4 Å². The second-order valence-electron chi connectivity index (χ2n) is 9.36. The Morgan fingerprint density at radius 2 is 1.87 bits per heavy atom. The lowest BCUT2D eigenvalue weighted by Crippen LogP contribution is -2.36. The molecule has 0 atom stereocenters. The minimum absolute atomic E-state index is 0.409. The topological polar surface area (TPSA) is 56.8 Å². The van der Waals surface area contributed by atoms with Crippen LogP contribution in [-0.4, -0.2) is 46.0 Å². The molecule has 164 valence electrons. The molecule has 0 radical (unpaired) electrons. The van der Waals surface area contributed by atoms with Crippen molar-refractivity contribution < 1.29 is 0 Å². The van der Waals surface area contributed by atoms with Gasteiger partial charge < -0.3 is 15.2 Å². The predicted octanol–water partition coefficient (Wildman–Crippen LogP) is 5.68. The van der Waals surface area contributed by atoms with E-state index in [-0.39, 0.29) is 0 Å². The van der Waals surface area contributed by atoms with Gasteiger partial charge in [-0.1, -0.05) is 0 Å². The lowest BCUT2D eigenvalue weighted by molar-refractivity contribution is 0.142. The Balaban J connectivity index is 1.28. The van der Waals surface area contributed by atoms with Gasteiger partial charge in [-0.15, -0.1) is 11.6 Å². The fourth-order valence-corrected chi connectivity index (χ4v) is 5.66.